The number of benzene rings is 1. The summed E-state index contributed by atoms with van der Waals surface area (Å²) in [4.78, 5) is 30.3. The molecule has 31 heavy (non-hydrogen) atoms. The number of hydrogen-bond acceptors (Lipinski definition) is 4. The maximum absolute atomic E-state index is 12.7. The predicted molar refractivity (Wildman–Crippen MR) is 135 cm³/mol. The second kappa shape index (κ2) is 13.4. The van der Waals surface area contributed by atoms with Crippen molar-refractivity contribution in [2.24, 2.45) is 10.4 Å². The summed E-state index contributed by atoms with van der Waals surface area (Å²) < 4.78 is 5.77. The van der Waals surface area contributed by atoms with E-state index in [4.69, 9.17) is 9.73 Å². The van der Waals surface area contributed by atoms with Crippen molar-refractivity contribution in [1.29, 1.82) is 0 Å². The van der Waals surface area contributed by atoms with E-state index in [0.29, 0.717) is 37.1 Å². The summed E-state index contributed by atoms with van der Waals surface area (Å²) in [6, 6.07) is 7.29. The summed E-state index contributed by atoms with van der Waals surface area (Å²) in [5.41, 5.74) is 0.322. The van der Waals surface area contributed by atoms with Crippen LogP contribution in [-0.2, 0) is 9.59 Å². The van der Waals surface area contributed by atoms with Crippen molar-refractivity contribution in [2.75, 3.05) is 45.7 Å². The molecule has 0 unspecified atom stereocenters. The average molecular weight is 545 g/mol. The smallest absolute Gasteiger partial charge is 0.230 e. The lowest BCUT2D eigenvalue weighted by Gasteiger charge is -2.29. The van der Waals surface area contributed by atoms with E-state index in [0.717, 1.165) is 32.2 Å². The highest BCUT2D eigenvalue weighted by atomic mass is 127. The first-order chi connectivity index (χ1) is 14.4. The van der Waals surface area contributed by atoms with Gasteiger partial charge in [-0.25, -0.2) is 0 Å². The molecule has 1 aromatic rings. The number of anilines is 1. The third kappa shape index (κ3) is 8.54. The van der Waals surface area contributed by atoms with Gasteiger partial charge >= 0.3 is 0 Å². The molecule has 0 spiro atoms. The van der Waals surface area contributed by atoms with E-state index in [2.05, 4.69) is 16.0 Å². The second-order valence-corrected chi connectivity index (χ2v) is 7.87. The van der Waals surface area contributed by atoms with Gasteiger partial charge in [0.25, 0.3) is 0 Å². The molecule has 1 aromatic carbocycles. The summed E-state index contributed by atoms with van der Waals surface area (Å²) in [6.45, 7) is 5.71. The van der Waals surface area contributed by atoms with Gasteiger partial charge in [-0.3, -0.25) is 14.6 Å². The highest BCUT2D eigenvalue weighted by molar-refractivity contribution is 14.0. The maximum Gasteiger partial charge on any atom is 0.230 e. The number of rotatable bonds is 9. The van der Waals surface area contributed by atoms with E-state index < -0.39 is 0 Å². The lowest BCUT2D eigenvalue weighted by Crippen LogP contribution is -2.43. The number of carbonyl (C=O) groups excluding carboxylic acids is 2. The summed E-state index contributed by atoms with van der Waals surface area (Å²) in [6.07, 6.45) is 3.93. The molecule has 1 aliphatic carbocycles. The van der Waals surface area contributed by atoms with Crippen LogP contribution in [0.5, 0.6) is 5.75 Å². The molecule has 0 saturated heterocycles. The first kappa shape index (κ1) is 27.0. The first-order valence-corrected chi connectivity index (χ1v) is 10.6. The van der Waals surface area contributed by atoms with E-state index in [1.165, 1.54) is 6.92 Å². The number of aliphatic imine (C=N–C) groups is 1. The molecule has 0 aliphatic heterocycles. The molecule has 2 amide bonds. The minimum absolute atomic E-state index is 0. The van der Waals surface area contributed by atoms with Gasteiger partial charge in [-0.15, -0.1) is 24.0 Å². The van der Waals surface area contributed by atoms with Crippen molar-refractivity contribution >= 4 is 47.4 Å². The van der Waals surface area contributed by atoms with Crippen molar-refractivity contribution in [3.05, 3.63) is 24.3 Å². The van der Waals surface area contributed by atoms with Crippen LogP contribution in [0.15, 0.2) is 29.3 Å². The third-order valence-corrected chi connectivity index (χ3v) is 5.12. The summed E-state index contributed by atoms with van der Waals surface area (Å²) in [5.74, 6) is 1.42. The molecule has 174 valence electrons. The number of nitrogens with one attached hydrogen (secondary N) is 3. The average Bonchev–Trinajstić information content (AvgIpc) is 3.18. The molecule has 2 rings (SSSR count). The first-order valence-electron chi connectivity index (χ1n) is 10.6. The minimum atomic E-state index is -0.382. The van der Waals surface area contributed by atoms with Gasteiger partial charge in [0, 0.05) is 39.3 Å². The van der Waals surface area contributed by atoms with E-state index >= 15 is 0 Å². The molecule has 8 nitrogen and oxygen atoms in total. The zero-order valence-electron chi connectivity index (χ0n) is 19.0. The van der Waals surface area contributed by atoms with Crippen molar-refractivity contribution < 1.29 is 14.3 Å². The largest absolute Gasteiger partial charge is 0.492 e. The van der Waals surface area contributed by atoms with Crippen LogP contribution in [0, 0.1) is 5.41 Å². The molecule has 3 N–H and O–H groups in total. The van der Waals surface area contributed by atoms with Crippen molar-refractivity contribution in [3.63, 3.8) is 0 Å². The molecule has 9 heteroatoms. The second-order valence-electron chi connectivity index (χ2n) is 7.87. The van der Waals surface area contributed by atoms with Crippen LogP contribution in [0.1, 0.15) is 39.5 Å². The molecule has 0 bridgehead atoms. The van der Waals surface area contributed by atoms with Crippen LogP contribution < -0.4 is 20.7 Å². The number of amides is 2. The highest BCUT2D eigenvalue weighted by Crippen LogP contribution is 2.39. The van der Waals surface area contributed by atoms with Crippen molar-refractivity contribution in [3.8, 4) is 5.75 Å². The van der Waals surface area contributed by atoms with Crippen LogP contribution in [0.4, 0.5) is 5.69 Å². The van der Waals surface area contributed by atoms with Gasteiger partial charge in [0.1, 0.15) is 12.4 Å². The Balaban J connectivity index is 0.00000480. The van der Waals surface area contributed by atoms with Gasteiger partial charge in [0.15, 0.2) is 5.96 Å². The van der Waals surface area contributed by atoms with Crippen molar-refractivity contribution in [2.45, 2.75) is 39.5 Å². The zero-order valence-corrected chi connectivity index (χ0v) is 21.3. The fourth-order valence-electron chi connectivity index (χ4n) is 3.74. The monoisotopic (exact) mass is 545 g/mol. The van der Waals surface area contributed by atoms with Crippen LogP contribution in [0.3, 0.4) is 0 Å². The van der Waals surface area contributed by atoms with Gasteiger partial charge in [-0.1, -0.05) is 18.9 Å². The van der Waals surface area contributed by atoms with Gasteiger partial charge in [-0.2, -0.15) is 0 Å². The van der Waals surface area contributed by atoms with Crippen molar-refractivity contribution in [1.82, 2.24) is 15.5 Å². The maximum atomic E-state index is 12.7. The predicted octanol–water partition coefficient (Wildman–Crippen LogP) is 2.85. The fourth-order valence-corrected chi connectivity index (χ4v) is 3.74. The molecule has 0 atom stereocenters. The quantitative estimate of drug-likeness (QED) is 0.192. The lowest BCUT2D eigenvalue weighted by atomic mass is 9.85. The van der Waals surface area contributed by atoms with Gasteiger partial charge in [0.05, 0.1) is 18.5 Å². The Morgan fingerprint density at radius 3 is 2.52 bits per heavy atom. The zero-order chi connectivity index (χ0) is 22.0. The minimum Gasteiger partial charge on any atom is -0.492 e. The van der Waals surface area contributed by atoms with Crippen LogP contribution in [0.2, 0.25) is 0 Å². The Bertz CT molecular complexity index is 748. The number of ether oxygens (including phenoxy) is 1. The third-order valence-electron chi connectivity index (χ3n) is 5.12. The Labute approximate surface area is 202 Å². The molecular formula is C22H36IN5O3. The Morgan fingerprint density at radius 2 is 1.90 bits per heavy atom. The van der Waals surface area contributed by atoms with Crippen LogP contribution >= 0.6 is 24.0 Å². The topological polar surface area (TPSA) is 95.1 Å². The summed E-state index contributed by atoms with van der Waals surface area (Å²) in [5, 5.41) is 9.24. The number of hydrogen-bond donors (Lipinski definition) is 3. The van der Waals surface area contributed by atoms with Gasteiger partial charge in [-0.05, 0) is 31.9 Å². The lowest BCUT2D eigenvalue weighted by molar-refractivity contribution is -0.138. The molecule has 0 aromatic heterocycles. The molecule has 1 fully saturated rings. The number of nitrogens with zero attached hydrogens (tertiary/aromatic N) is 2. The molecule has 1 saturated carbocycles. The molecule has 0 heterocycles. The normalized spacial score (nSPS) is 14.9. The Morgan fingerprint density at radius 1 is 1.19 bits per heavy atom. The van der Waals surface area contributed by atoms with E-state index in [1.807, 2.05) is 39.2 Å². The van der Waals surface area contributed by atoms with E-state index in [9.17, 15) is 9.59 Å². The summed E-state index contributed by atoms with van der Waals surface area (Å²) in [7, 11) is 3.63. The number of halogens is 1. The standard InChI is InChI=1S/C22H35N5O3.HI/c1-5-23-21(25-16-22(11-6-7-12-22)20(29)27(3)4)24-13-14-30-19-10-8-9-18(15-19)26-17(2)28;/h8-10,15H,5-7,11-14,16H2,1-4H3,(H,26,28)(H2,23,24,25);1H. The summed E-state index contributed by atoms with van der Waals surface area (Å²) >= 11 is 0. The highest BCUT2D eigenvalue weighted by Gasteiger charge is 2.42. The van der Waals surface area contributed by atoms with Crippen LogP contribution in [0.25, 0.3) is 0 Å². The number of guanidine groups is 1. The van der Waals surface area contributed by atoms with Crippen LogP contribution in [-0.4, -0.2) is 63.0 Å². The Kier molecular flexibility index (Phi) is 11.7. The molecular weight excluding hydrogens is 509 g/mol. The van der Waals surface area contributed by atoms with Gasteiger partial charge in [0.2, 0.25) is 11.8 Å². The SMILES string of the molecule is CCNC(=NCC1(C(=O)N(C)C)CCCC1)NCCOc1cccc(NC(C)=O)c1.I. The van der Waals surface area contributed by atoms with E-state index in [-0.39, 0.29) is 41.2 Å². The Hall–Kier alpha value is -2.04. The van der Waals surface area contributed by atoms with E-state index in [1.54, 1.807) is 11.0 Å². The number of carbonyl (C=O) groups is 2. The fraction of sp³-hybridized carbons (Fsp3) is 0.591. The molecule has 0 radical (unpaired) electrons. The molecule has 1 aliphatic rings. The van der Waals surface area contributed by atoms with Gasteiger partial charge < -0.3 is 25.6 Å².